The maximum Gasteiger partial charge on any atom is 0.337 e. The fraction of sp³-hybridized carbons (Fsp3) is 0.300. The minimum absolute atomic E-state index is 0.232. The van der Waals surface area contributed by atoms with Crippen molar-refractivity contribution < 1.29 is 27.5 Å². The number of morpholine rings is 1. The van der Waals surface area contributed by atoms with Gasteiger partial charge in [-0.1, -0.05) is 24.3 Å². The third-order valence-corrected chi connectivity index (χ3v) is 5.70. The summed E-state index contributed by atoms with van der Waals surface area (Å²) in [5.74, 6) is -1.03. The maximum absolute atomic E-state index is 12.8. The van der Waals surface area contributed by atoms with Crippen LogP contribution in [-0.2, 0) is 25.2 Å². The van der Waals surface area contributed by atoms with Gasteiger partial charge in [0.2, 0.25) is 10.0 Å². The van der Waals surface area contributed by atoms with Crippen molar-refractivity contribution in [1.82, 2.24) is 4.90 Å². The van der Waals surface area contributed by atoms with E-state index in [1.807, 2.05) is 0 Å². The van der Waals surface area contributed by atoms with Gasteiger partial charge in [0, 0.05) is 13.1 Å². The van der Waals surface area contributed by atoms with E-state index < -0.39 is 16.0 Å². The summed E-state index contributed by atoms with van der Waals surface area (Å²) in [5.41, 5.74) is 1.36. The van der Waals surface area contributed by atoms with Crippen molar-refractivity contribution in [3.63, 3.8) is 0 Å². The number of hydrogen-bond donors (Lipinski definition) is 1. The number of nitrogens with one attached hydrogen (secondary N) is 1. The van der Waals surface area contributed by atoms with Crippen LogP contribution < -0.4 is 4.72 Å². The summed E-state index contributed by atoms with van der Waals surface area (Å²) in [7, 11) is -2.50. The third kappa shape index (κ3) is 5.33. The molecule has 29 heavy (non-hydrogen) atoms. The third-order valence-electron chi connectivity index (χ3n) is 4.45. The predicted octanol–water partition coefficient (Wildman–Crippen LogP) is 1.89. The Morgan fingerprint density at radius 2 is 1.72 bits per heavy atom. The molecular formula is C20H22N2O6S. The Hall–Kier alpha value is -2.91. The number of carbonyl (C=O) groups excluding carboxylic acids is 2. The number of methoxy groups -OCH3 is 1. The lowest BCUT2D eigenvalue weighted by Crippen LogP contribution is -2.41. The Kier molecular flexibility index (Phi) is 6.50. The van der Waals surface area contributed by atoms with Gasteiger partial charge in [0.25, 0.3) is 5.91 Å². The number of para-hydroxylation sites is 1. The normalized spacial score (nSPS) is 14.3. The molecule has 0 bridgehead atoms. The molecule has 8 nitrogen and oxygen atoms in total. The number of sulfonamides is 1. The number of hydrogen-bond acceptors (Lipinski definition) is 6. The Morgan fingerprint density at radius 1 is 1.07 bits per heavy atom. The highest BCUT2D eigenvalue weighted by Crippen LogP contribution is 2.21. The van der Waals surface area contributed by atoms with Crippen LogP contribution in [0.4, 0.5) is 5.69 Å². The number of ether oxygens (including phenoxy) is 2. The van der Waals surface area contributed by atoms with Crippen molar-refractivity contribution in [1.29, 1.82) is 0 Å². The van der Waals surface area contributed by atoms with E-state index in [4.69, 9.17) is 4.74 Å². The molecule has 2 aromatic rings. The van der Waals surface area contributed by atoms with Crippen LogP contribution in [0.2, 0.25) is 0 Å². The largest absolute Gasteiger partial charge is 0.465 e. The minimum atomic E-state index is -3.77. The number of benzene rings is 2. The van der Waals surface area contributed by atoms with Gasteiger partial charge in [-0.05, 0) is 29.8 Å². The first-order valence-electron chi connectivity index (χ1n) is 9.03. The average Bonchev–Trinajstić information content (AvgIpc) is 2.73. The highest BCUT2D eigenvalue weighted by Gasteiger charge is 2.23. The van der Waals surface area contributed by atoms with Crippen LogP contribution in [0.25, 0.3) is 0 Å². The summed E-state index contributed by atoms with van der Waals surface area (Å²) in [6.07, 6.45) is 0. The van der Waals surface area contributed by atoms with E-state index in [2.05, 4.69) is 9.46 Å². The molecule has 1 saturated heterocycles. The van der Waals surface area contributed by atoms with E-state index in [9.17, 15) is 18.0 Å². The van der Waals surface area contributed by atoms with Gasteiger partial charge in [0.05, 0.1) is 42.9 Å². The molecule has 1 heterocycles. The van der Waals surface area contributed by atoms with Crippen molar-refractivity contribution in [3.05, 3.63) is 65.2 Å². The summed E-state index contributed by atoms with van der Waals surface area (Å²) >= 11 is 0. The SMILES string of the molecule is COC(=O)c1ccc(CS(=O)(=O)Nc2ccccc2C(=O)N2CCOCC2)cc1. The number of esters is 1. The first-order chi connectivity index (χ1) is 13.9. The monoisotopic (exact) mass is 418 g/mol. The van der Waals surface area contributed by atoms with Gasteiger partial charge < -0.3 is 14.4 Å². The summed E-state index contributed by atoms with van der Waals surface area (Å²) in [6.45, 7) is 1.85. The average molecular weight is 418 g/mol. The van der Waals surface area contributed by atoms with Gasteiger partial charge in [0.15, 0.2) is 0 Å². The Morgan fingerprint density at radius 3 is 2.38 bits per heavy atom. The molecule has 3 rings (SSSR count). The lowest BCUT2D eigenvalue weighted by atomic mass is 10.1. The van der Waals surface area contributed by atoms with Crippen LogP contribution in [0.1, 0.15) is 26.3 Å². The highest BCUT2D eigenvalue weighted by molar-refractivity contribution is 7.91. The Balaban J connectivity index is 1.75. The molecule has 1 N–H and O–H groups in total. The lowest BCUT2D eigenvalue weighted by Gasteiger charge is -2.27. The highest BCUT2D eigenvalue weighted by atomic mass is 32.2. The van der Waals surface area contributed by atoms with E-state index in [-0.39, 0.29) is 17.3 Å². The van der Waals surface area contributed by atoms with Crippen molar-refractivity contribution in [2.24, 2.45) is 0 Å². The van der Waals surface area contributed by atoms with Crippen molar-refractivity contribution in [2.45, 2.75) is 5.75 Å². The molecule has 154 valence electrons. The molecule has 9 heteroatoms. The zero-order valence-electron chi connectivity index (χ0n) is 16.0. The van der Waals surface area contributed by atoms with Gasteiger partial charge in [-0.2, -0.15) is 0 Å². The van der Waals surface area contributed by atoms with Crippen LogP contribution in [0.3, 0.4) is 0 Å². The molecule has 0 radical (unpaired) electrons. The molecular weight excluding hydrogens is 396 g/mol. The van der Waals surface area contributed by atoms with Crippen LogP contribution >= 0.6 is 0 Å². The second-order valence-corrected chi connectivity index (χ2v) is 8.22. The first kappa shape index (κ1) is 20.8. The van der Waals surface area contributed by atoms with E-state index in [1.54, 1.807) is 41.3 Å². The zero-order valence-corrected chi connectivity index (χ0v) is 16.8. The summed E-state index contributed by atoms with van der Waals surface area (Å²) in [5, 5.41) is 0. The van der Waals surface area contributed by atoms with E-state index in [0.717, 1.165) is 0 Å². The molecule has 2 aromatic carbocycles. The molecule has 0 atom stereocenters. The fourth-order valence-corrected chi connectivity index (χ4v) is 4.19. The summed E-state index contributed by atoms with van der Waals surface area (Å²) in [6, 6.07) is 12.6. The number of nitrogens with zero attached hydrogens (tertiary/aromatic N) is 1. The Labute approximate surface area is 169 Å². The quantitative estimate of drug-likeness (QED) is 0.719. The topological polar surface area (TPSA) is 102 Å². The first-order valence-corrected chi connectivity index (χ1v) is 10.7. The van der Waals surface area contributed by atoms with E-state index >= 15 is 0 Å². The Bertz CT molecular complexity index is 982. The van der Waals surface area contributed by atoms with Gasteiger partial charge in [-0.15, -0.1) is 0 Å². The predicted molar refractivity (Wildman–Crippen MR) is 107 cm³/mol. The van der Waals surface area contributed by atoms with Crippen LogP contribution in [-0.4, -0.2) is 58.6 Å². The van der Waals surface area contributed by atoms with Gasteiger partial charge >= 0.3 is 5.97 Å². The number of anilines is 1. The lowest BCUT2D eigenvalue weighted by molar-refractivity contribution is 0.0303. The number of amides is 1. The molecule has 1 aliphatic heterocycles. The second-order valence-electron chi connectivity index (χ2n) is 6.50. The molecule has 0 spiro atoms. The van der Waals surface area contributed by atoms with Gasteiger partial charge in [-0.3, -0.25) is 9.52 Å². The van der Waals surface area contributed by atoms with Gasteiger partial charge in [0.1, 0.15) is 0 Å². The van der Waals surface area contributed by atoms with Crippen LogP contribution in [0, 0.1) is 0 Å². The summed E-state index contributed by atoms with van der Waals surface area (Å²) in [4.78, 5) is 25.9. The molecule has 0 unspecified atom stereocenters. The van der Waals surface area contributed by atoms with E-state index in [1.165, 1.54) is 19.2 Å². The zero-order chi connectivity index (χ0) is 20.9. The van der Waals surface area contributed by atoms with Crippen molar-refractivity contribution >= 4 is 27.6 Å². The summed E-state index contributed by atoms with van der Waals surface area (Å²) < 4.78 is 37.7. The molecule has 0 aromatic heterocycles. The maximum atomic E-state index is 12.8. The van der Waals surface area contributed by atoms with E-state index in [0.29, 0.717) is 43.0 Å². The van der Waals surface area contributed by atoms with Gasteiger partial charge in [-0.25, -0.2) is 13.2 Å². The fourth-order valence-electron chi connectivity index (χ4n) is 2.97. The van der Waals surface area contributed by atoms with Crippen molar-refractivity contribution in [2.75, 3.05) is 38.1 Å². The second kappa shape index (κ2) is 9.06. The van der Waals surface area contributed by atoms with Crippen molar-refractivity contribution in [3.8, 4) is 0 Å². The molecule has 0 saturated carbocycles. The molecule has 1 amide bonds. The number of rotatable bonds is 6. The minimum Gasteiger partial charge on any atom is -0.465 e. The smallest absolute Gasteiger partial charge is 0.337 e. The molecule has 1 fully saturated rings. The molecule has 0 aliphatic carbocycles. The van der Waals surface area contributed by atoms with Crippen LogP contribution in [0.15, 0.2) is 48.5 Å². The van der Waals surface area contributed by atoms with Crippen LogP contribution in [0.5, 0.6) is 0 Å². The molecule has 1 aliphatic rings. The number of carbonyl (C=O) groups is 2. The standard InChI is InChI=1S/C20H22N2O6S/c1-27-20(24)16-8-6-15(7-9-16)14-29(25,26)21-18-5-3-2-4-17(18)19(23)22-10-12-28-13-11-22/h2-9,21H,10-14H2,1H3.